The van der Waals surface area contributed by atoms with Crippen molar-refractivity contribution in [2.45, 2.75) is 18.6 Å². The molecule has 102 valence electrons. The first-order valence-corrected chi connectivity index (χ1v) is 6.57. The second-order valence-corrected chi connectivity index (χ2v) is 5.05. The first kappa shape index (κ1) is 12.7. The molecule has 0 radical (unpaired) electrons. The maximum Gasteiger partial charge on any atom is 0.251 e. The Morgan fingerprint density at radius 1 is 1.20 bits per heavy atom. The van der Waals surface area contributed by atoms with Crippen molar-refractivity contribution >= 4 is 11.6 Å². The molecule has 0 aliphatic heterocycles. The number of nitrogens with one attached hydrogen (secondary N) is 1. The maximum absolute atomic E-state index is 12.2. The Morgan fingerprint density at radius 2 is 1.95 bits per heavy atom. The molecule has 2 aromatic rings. The zero-order valence-electron chi connectivity index (χ0n) is 10.9. The molecule has 4 heteroatoms. The third kappa shape index (κ3) is 2.26. The van der Waals surface area contributed by atoms with Gasteiger partial charge in [0.05, 0.1) is 12.1 Å². The van der Waals surface area contributed by atoms with E-state index in [9.17, 15) is 9.90 Å². The van der Waals surface area contributed by atoms with Crippen molar-refractivity contribution in [3.8, 4) is 0 Å². The van der Waals surface area contributed by atoms with Gasteiger partial charge in [0, 0.05) is 17.7 Å². The fraction of sp³-hybridized carbons (Fsp3) is 0.188. The van der Waals surface area contributed by atoms with Crippen molar-refractivity contribution in [1.82, 2.24) is 5.32 Å². The number of carbonyl (C=O) groups is 1. The Morgan fingerprint density at radius 3 is 2.70 bits per heavy atom. The predicted molar refractivity (Wildman–Crippen MR) is 77.2 cm³/mol. The third-order valence-electron chi connectivity index (χ3n) is 3.64. The minimum absolute atomic E-state index is 0.190. The highest BCUT2D eigenvalue weighted by molar-refractivity contribution is 5.94. The van der Waals surface area contributed by atoms with Gasteiger partial charge in [0.2, 0.25) is 0 Å². The summed E-state index contributed by atoms with van der Waals surface area (Å²) in [5, 5.41) is 13.0. The van der Waals surface area contributed by atoms with Crippen molar-refractivity contribution in [3.05, 3.63) is 65.2 Å². The lowest BCUT2D eigenvalue weighted by molar-refractivity contribution is 0.0858. The number of aliphatic hydroxyl groups excluding tert-OH is 1. The molecule has 0 spiro atoms. The van der Waals surface area contributed by atoms with Crippen LogP contribution in [0, 0.1) is 0 Å². The fourth-order valence-corrected chi connectivity index (χ4v) is 2.63. The summed E-state index contributed by atoms with van der Waals surface area (Å²) in [6.45, 7) is 0. The smallest absolute Gasteiger partial charge is 0.251 e. The number of fused-ring (bicyclic) bond motifs is 1. The third-order valence-corrected chi connectivity index (χ3v) is 3.64. The normalized spacial score (nSPS) is 20.4. The number of nitrogens with two attached hydrogens (primary N) is 1. The van der Waals surface area contributed by atoms with Crippen molar-refractivity contribution in [2.75, 3.05) is 5.73 Å². The van der Waals surface area contributed by atoms with Crippen LogP contribution in [0.1, 0.15) is 27.5 Å². The molecule has 2 unspecified atom stereocenters. The summed E-state index contributed by atoms with van der Waals surface area (Å²) in [4.78, 5) is 12.2. The summed E-state index contributed by atoms with van der Waals surface area (Å²) in [5.41, 5.74) is 8.94. The second-order valence-electron chi connectivity index (χ2n) is 5.05. The Kier molecular flexibility index (Phi) is 3.16. The number of nitrogen functional groups attached to an aromatic ring is 1. The molecule has 4 N–H and O–H groups in total. The van der Waals surface area contributed by atoms with Gasteiger partial charge in [0.1, 0.15) is 0 Å². The van der Waals surface area contributed by atoms with Gasteiger partial charge in [-0.15, -0.1) is 0 Å². The van der Waals surface area contributed by atoms with Crippen LogP contribution in [0.25, 0.3) is 0 Å². The van der Waals surface area contributed by atoms with Gasteiger partial charge in [-0.1, -0.05) is 24.3 Å². The van der Waals surface area contributed by atoms with E-state index in [1.54, 1.807) is 12.1 Å². The van der Waals surface area contributed by atoms with Crippen molar-refractivity contribution in [2.24, 2.45) is 0 Å². The monoisotopic (exact) mass is 268 g/mol. The number of rotatable bonds is 2. The first-order chi connectivity index (χ1) is 9.65. The molecule has 20 heavy (non-hydrogen) atoms. The molecule has 1 amide bonds. The molecule has 4 nitrogen and oxygen atoms in total. The predicted octanol–water partition coefficient (Wildman–Crippen LogP) is 1.66. The van der Waals surface area contributed by atoms with Crippen LogP contribution in [0.15, 0.2) is 48.5 Å². The first-order valence-electron chi connectivity index (χ1n) is 6.57. The fourth-order valence-electron chi connectivity index (χ4n) is 2.63. The highest BCUT2D eigenvalue weighted by Gasteiger charge is 2.32. The molecule has 0 saturated carbocycles. The highest BCUT2D eigenvalue weighted by atomic mass is 16.3. The summed E-state index contributed by atoms with van der Waals surface area (Å²) >= 11 is 0. The van der Waals surface area contributed by atoms with Gasteiger partial charge < -0.3 is 16.2 Å². The average molecular weight is 268 g/mol. The van der Waals surface area contributed by atoms with E-state index in [0.29, 0.717) is 17.7 Å². The molecule has 0 fully saturated rings. The molecule has 0 aromatic heterocycles. The summed E-state index contributed by atoms with van der Waals surface area (Å²) in [6.07, 6.45) is -0.0746. The van der Waals surface area contributed by atoms with E-state index in [-0.39, 0.29) is 5.91 Å². The number of hydrogen-bond donors (Lipinski definition) is 3. The van der Waals surface area contributed by atoms with Crippen LogP contribution in [-0.2, 0) is 6.42 Å². The van der Waals surface area contributed by atoms with Crippen molar-refractivity contribution in [1.29, 1.82) is 0 Å². The van der Waals surface area contributed by atoms with Gasteiger partial charge in [-0.2, -0.15) is 0 Å². The quantitative estimate of drug-likeness (QED) is 0.725. The van der Waals surface area contributed by atoms with E-state index in [0.717, 1.165) is 11.1 Å². The molecule has 1 aliphatic rings. The van der Waals surface area contributed by atoms with E-state index >= 15 is 0 Å². The Balaban J connectivity index is 1.85. The minimum Gasteiger partial charge on any atom is -0.399 e. The van der Waals surface area contributed by atoms with Crippen LogP contribution < -0.4 is 11.1 Å². The number of benzene rings is 2. The zero-order chi connectivity index (χ0) is 14.1. The molecule has 2 atom stereocenters. The number of carbonyl (C=O) groups excluding carboxylic acids is 1. The number of aliphatic hydroxyl groups is 1. The van der Waals surface area contributed by atoms with Gasteiger partial charge in [0.25, 0.3) is 5.91 Å². The highest BCUT2D eigenvalue weighted by Crippen LogP contribution is 2.33. The lowest BCUT2D eigenvalue weighted by Gasteiger charge is -2.18. The lowest BCUT2D eigenvalue weighted by atomic mass is 10.1. The van der Waals surface area contributed by atoms with Crippen LogP contribution in [0.5, 0.6) is 0 Å². The van der Waals surface area contributed by atoms with Crippen LogP contribution in [0.4, 0.5) is 5.69 Å². The summed E-state index contributed by atoms with van der Waals surface area (Å²) in [7, 11) is 0. The van der Waals surface area contributed by atoms with E-state index < -0.39 is 12.1 Å². The van der Waals surface area contributed by atoms with Crippen LogP contribution in [0.3, 0.4) is 0 Å². The minimum atomic E-state index is -0.612. The number of hydrogen-bond acceptors (Lipinski definition) is 3. The van der Waals surface area contributed by atoms with Gasteiger partial charge >= 0.3 is 0 Å². The number of anilines is 1. The van der Waals surface area contributed by atoms with Crippen molar-refractivity contribution in [3.63, 3.8) is 0 Å². The zero-order valence-corrected chi connectivity index (χ0v) is 10.9. The van der Waals surface area contributed by atoms with Gasteiger partial charge in [0.15, 0.2) is 0 Å². The Hall–Kier alpha value is -2.33. The molecule has 0 bridgehead atoms. The molecular formula is C16H16N2O2. The second kappa shape index (κ2) is 4.98. The van der Waals surface area contributed by atoms with Crippen LogP contribution in [0.2, 0.25) is 0 Å². The Labute approximate surface area is 117 Å². The molecule has 0 saturated heterocycles. The van der Waals surface area contributed by atoms with E-state index in [1.165, 1.54) is 0 Å². The lowest BCUT2D eigenvalue weighted by Crippen LogP contribution is -2.33. The summed E-state index contributed by atoms with van der Waals surface area (Å²) < 4.78 is 0. The van der Waals surface area contributed by atoms with Gasteiger partial charge in [-0.3, -0.25) is 4.79 Å². The average Bonchev–Trinajstić information content (AvgIpc) is 2.76. The molecule has 1 aliphatic carbocycles. The van der Waals surface area contributed by atoms with Gasteiger partial charge in [-0.05, 0) is 35.4 Å². The van der Waals surface area contributed by atoms with Crippen LogP contribution in [-0.4, -0.2) is 17.1 Å². The van der Waals surface area contributed by atoms with E-state index in [4.69, 9.17) is 5.73 Å². The summed E-state index contributed by atoms with van der Waals surface area (Å²) in [5.74, 6) is -0.190. The number of amides is 1. The molecule has 0 heterocycles. The Bertz CT molecular complexity index is 640. The molecule has 2 aromatic carbocycles. The van der Waals surface area contributed by atoms with Crippen LogP contribution >= 0.6 is 0 Å². The maximum atomic E-state index is 12.2. The summed E-state index contributed by atoms with van der Waals surface area (Å²) in [6, 6.07) is 14.1. The van der Waals surface area contributed by atoms with Gasteiger partial charge in [-0.25, -0.2) is 0 Å². The molecule has 3 rings (SSSR count). The largest absolute Gasteiger partial charge is 0.399 e. The topological polar surface area (TPSA) is 75.3 Å². The van der Waals surface area contributed by atoms with E-state index in [1.807, 2.05) is 36.4 Å². The molecular weight excluding hydrogens is 252 g/mol. The SMILES string of the molecule is Nc1ccc2c(c1)C(NC(=O)c1ccccc1)C(O)C2. The van der Waals surface area contributed by atoms with E-state index in [2.05, 4.69) is 5.32 Å². The standard InChI is InChI=1S/C16H16N2O2/c17-12-7-6-11-8-14(19)15(13(11)9-12)18-16(20)10-4-2-1-3-5-10/h1-7,9,14-15,19H,8,17H2,(H,18,20). The van der Waals surface area contributed by atoms with Crippen molar-refractivity contribution < 1.29 is 9.90 Å².